The summed E-state index contributed by atoms with van der Waals surface area (Å²) in [6.45, 7) is 0.276. The highest BCUT2D eigenvalue weighted by molar-refractivity contribution is 5.55. The quantitative estimate of drug-likeness (QED) is 0.687. The highest BCUT2D eigenvalue weighted by atomic mass is 19.4. The number of aliphatic hydroxyl groups excluding tert-OH is 1. The van der Waals surface area contributed by atoms with Crippen LogP contribution in [0.3, 0.4) is 0 Å². The summed E-state index contributed by atoms with van der Waals surface area (Å²) >= 11 is 0. The summed E-state index contributed by atoms with van der Waals surface area (Å²) < 4.78 is 39.6. The molecule has 3 N–H and O–H groups in total. The van der Waals surface area contributed by atoms with Crippen molar-refractivity contribution in [1.82, 2.24) is 5.32 Å². The predicted molar refractivity (Wildman–Crippen MR) is 49.6 cm³/mol. The predicted octanol–water partition coefficient (Wildman–Crippen LogP) is 1.38. The molecule has 0 saturated heterocycles. The van der Waals surface area contributed by atoms with Crippen molar-refractivity contribution < 1.29 is 23.0 Å². The number of ether oxygens (including phenoxy) is 1. The van der Waals surface area contributed by atoms with Crippen LogP contribution in [-0.4, -0.2) is 17.8 Å². The lowest BCUT2D eigenvalue weighted by atomic mass is 10.1. The van der Waals surface area contributed by atoms with Gasteiger partial charge in [0, 0.05) is 12.2 Å². The number of hydrogen-bond acceptors (Lipinski definition) is 4. The fourth-order valence-corrected chi connectivity index (χ4v) is 1.46. The zero-order chi connectivity index (χ0) is 11.8. The van der Waals surface area contributed by atoms with E-state index in [1.807, 2.05) is 0 Å². The first-order valence-corrected chi connectivity index (χ1v) is 4.51. The molecule has 0 radical (unpaired) electrons. The summed E-state index contributed by atoms with van der Waals surface area (Å²) in [5.74, 6) is -0.272. The number of fused-ring (bicyclic) bond motifs is 1. The molecule has 1 unspecified atom stereocenters. The van der Waals surface area contributed by atoms with E-state index in [0.717, 1.165) is 0 Å². The summed E-state index contributed by atoms with van der Waals surface area (Å²) in [5.41, 5.74) is 1.19. The smallest absolute Gasteiger partial charge is 0.406 e. The lowest BCUT2D eigenvalue weighted by Crippen LogP contribution is -2.39. The average Bonchev–Trinajstić information content (AvgIpc) is 2.16. The molecule has 0 fully saturated rings. The molecule has 1 aliphatic heterocycles. The normalized spacial score (nSPS) is 19.9. The fraction of sp³-hybridized carbons (Fsp3) is 0.333. The van der Waals surface area contributed by atoms with Crippen LogP contribution in [0.4, 0.5) is 18.9 Å². The Bertz CT molecular complexity index is 395. The van der Waals surface area contributed by atoms with Crippen molar-refractivity contribution in [1.29, 1.82) is 0 Å². The number of alkyl halides is 3. The molecular formula is C9H9F3N2O2. The summed E-state index contributed by atoms with van der Waals surface area (Å²) in [6, 6.07) is 3.90. The fourth-order valence-electron chi connectivity index (χ4n) is 1.46. The number of hydrogen-bond donors (Lipinski definition) is 3. The highest BCUT2D eigenvalue weighted by Gasteiger charge is 2.31. The van der Waals surface area contributed by atoms with Crippen molar-refractivity contribution in [2.75, 3.05) is 5.32 Å². The third-order valence-electron chi connectivity index (χ3n) is 2.09. The van der Waals surface area contributed by atoms with E-state index in [9.17, 15) is 18.3 Å². The van der Waals surface area contributed by atoms with Crippen LogP contribution < -0.4 is 15.4 Å². The van der Waals surface area contributed by atoms with E-state index in [2.05, 4.69) is 15.4 Å². The number of rotatable bonds is 1. The van der Waals surface area contributed by atoms with Gasteiger partial charge in [-0.15, -0.1) is 13.2 Å². The molecule has 0 aromatic heterocycles. The van der Waals surface area contributed by atoms with E-state index in [-0.39, 0.29) is 12.3 Å². The maximum Gasteiger partial charge on any atom is 0.573 e. The van der Waals surface area contributed by atoms with Gasteiger partial charge in [-0.2, -0.15) is 0 Å². The monoisotopic (exact) mass is 234 g/mol. The van der Waals surface area contributed by atoms with Gasteiger partial charge in [0.05, 0.1) is 0 Å². The Morgan fingerprint density at radius 1 is 1.38 bits per heavy atom. The van der Waals surface area contributed by atoms with Gasteiger partial charge in [0.25, 0.3) is 0 Å². The second-order valence-corrected chi connectivity index (χ2v) is 3.29. The van der Waals surface area contributed by atoms with Crippen molar-refractivity contribution in [2.24, 2.45) is 0 Å². The largest absolute Gasteiger partial charge is 0.573 e. The molecule has 1 aromatic carbocycles. The molecule has 2 rings (SSSR count). The summed E-state index contributed by atoms with van der Waals surface area (Å²) in [7, 11) is 0. The van der Waals surface area contributed by atoms with Crippen LogP contribution in [0.25, 0.3) is 0 Å². The maximum atomic E-state index is 11.9. The van der Waals surface area contributed by atoms with Crippen LogP contribution in [0.1, 0.15) is 5.56 Å². The molecule has 0 bridgehead atoms. The van der Waals surface area contributed by atoms with Crippen molar-refractivity contribution in [2.45, 2.75) is 19.3 Å². The van der Waals surface area contributed by atoms with Crippen LogP contribution in [-0.2, 0) is 6.54 Å². The number of benzene rings is 1. The van der Waals surface area contributed by atoms with Gasteiger partial charge in [-0.1, -0.05) is 0 Å². The molecule has 0 amide bonds. The molecule has 0 aliphatic carbocycles. The highest BCUT2D eigenvalue weighted by Crippen LogP contribution is 2.28. The van der Waals surface area contributed by atoms with E-state index in [1.165, 1.54) is 18.2 Å². The Morgan fingerprint density at radius 2 is 2.12 bits per heavy atom. The van der Waals surface area contributed by atoms with E-state index in [0.29, 0.717) is 11.3 Å². The minimum atomic E-state index is -4.69. The Hall–Kier alpha value is -1.47. The molecule has 88 valence electrons. The molecule has 0 saturated carbocycles. The Morgan fingerprint density at radius 3 is 2.81 bits per heavy atom. The molecule has 0 spiro atoms. The minimum Gasteiger partial charge on any atom is -0.406 e. The van der Waals surface area contributed by atoms with Crippen molar-refractivity contribution in [3.8, 4) is 5.75 Å². The zero-order valence-corrected chi connectivity index (χ0v) is 8.01. The maximum absolute atomic E-state index is 11.9. The number of aliphatic hydroxyl groups is 1. The van der Waals surface area contributed by atoms with Crippen molar-refractivity contribution >= 4 is 5.69 Å². The lowest BCUT2D eigenvalue weighted by Gasteiger charge is -2.24. The van der Waals surface area contributed by atoms with E-state index in [1.54, 1.807) is 0 Å². The topological polar surface area (TPSA) is 53.5 Å². The van der Waals surface area contributed by atoms with Gasteiger partial charge < -0.3 is 15.2 Å². The van der Waals surface area contributed by atoms with E-state index >= 15 is 0 Å². The molecule has 1 atom stereocenters. The van der Waals surface area contributed by atoms with Crippen LogP contribution in [0.15, 0.2) is 18.2 Å². The third-order valence-corrected chi connectivity index (χ3v) is 2.09. The molecule has 1 aliphatic rings. The second-order valence-electron chi connectivity index (χ2n) is 3.29. The van der Waals surface area contributed by atoms with Gasteiger partial charge in [0.2, 0.25) is 0 Å². The zero-order valence-electron chi connectivity index (χ0n) is 8.01. The first kappa shape index (κ1) is 11.0. The Kier molecular flexibility index (Phi) is 2.64. The SMILES string of the molecule is OC1NCc2cc(OC(F)(F)F)ccc2N1. The van der Waals surface area contributed by atoms with Gasteiger partial charge in [-0.05, 0) is 23.8 Å². The van der Waals surface area contributed by atoms with Gasteiger partial charge in [-0.25, -0.2) is 0 Å². The van der Waals surface area contributed by atoms with E-state index in [4.69, 9.17) is 0 Å². The number of halogens is 3. The van der Waals surface area contributed by atoms with Crippen molar-refractivity contribution in [3.63, 3.8) is 0 Å². The van der Waals surface area contributed by atoms with Gasteiger partial charge in [0.1, 0.15) is 5.75 Å². The van der Waals surface area contributed by atoms with Crippen LogP contribution in [0.2, 0.25) is 0 Å². The van der Waals surface area contributed by atoms with Gasteiger partial charge in [-0.3, -0.25) is 5.32 Å². The average molecular weight is 234 g/mol. The number of nitrogens with one attached hydrogen (secondary N) is 2. The first-order chi connectivity index (χ1) is 7.44. The molecule has 7 heteroatoms. The number of anilines is 1. The summed E-state index contributed by atoms with van der Waals surface area (Å²) in [6.07, 6.45) is -5.58. The summed E-state index contributed by atoms with van der Waals surface area (Å²) in [4.78, 5) is 0. The molecule has 1 heterocycles. The molecular weight excluding hydrogens is 225 g/mol. The molecule has 1 aromatic rings. The molecule has 4 nitrogen and oxygen atoms in total. The van der Waals surface area contributed by atoms with Crippen LogP contribution in [0, 0.1) is 0 Å². The summed E-state index contributed by atoms with van der Waals surface area (Å²) in [5, 5.41) is 14.5. The lowest BCUT2D eigenvalue weighted by molar-refractivity contribution is -0.274. The molecule has 16 heavy (non-hydrogen) atoms. The second kappa shape index (κ2) is 3.84. The minimum absolute atomic E-state index is 0.272. The van der Waals surface area contributed by atoms with E-state index < -0.39 is 12.7 Å². The third kappa shape index (κ3) is 2.56. The Balaban J connectivity index is 2.20. The van der Waals surface area contributed by atoms with Gasteiger partial charge >= 0.3 is 6.36 Å². The van der Waals surface area contributed by atoms with Gasteiger partial charge in [0.15, 0.2) is 6.35 Å². The van der Waals surface area contributed by atoms with Crippen molar-refractivity contribution in [3.05, 3.63) is 23.8 Å². The van der Waals surface area contributed by atoms with Crippen LogP contribution >= 0.6 is 0 Å². The Labute approximate surface area is 89.0 Å². The van der Waals surface area contributed by atoms with Crippen LogP contribution in [0.5, 0.6) is 5.75 Å². The standard InChI is InChI=1S/C9H9F3N2O2/c10-9(11,12)16-6-1-2-7-5(3-6)4-13-8(15)14-7/h1-3,8,13-15H,4H2. The first-order valence-electron chi connectivity index (χ1n) is 4.51.